The number of aromatic nitrogens is 1. The number of hydrogen-bond acceptors (Lipinski definition) is 3. The molecule has 98 valence electrons. The van der Waals surface area contributed by atoms with Crippen molar-refractivity contribution in [3.63, 3.8) is 0 Å². The summed E-state index contributed by atoms with van der Waals surface area (Å²) < 4.78 is 0. The number of nitrogens with zero attached hydrogens (tertiary/aromatic N) is 2. The highest BCUT2D eigenvalue weighted by Crippen LogP contribution is 2.06. The molecule has 1 heterocycles. The van der Waals surface area contributed by atoms with Crippen LogP contribution in [-0.2, 0) is 11.3 Å². The summed E-state index contributed by atoms with van der Waals surface area (Å²) in [7, 11) is 3.29. The lowest BCUT2D eigenvalue weighted by Gasteiger charge is -2.19. The van der Waals surface area contributed by atoms with Gasteiger partial charge in [0.05, 0.1) is 12.2 Å². The molecule has 0 atom stereocenters. The summed E-state index contributed by atoms with van der Waals surface area (Å²) >= 11 is 0. The molecule has 0 unspecified atom stereocenters. The fourth-order valence-corrected chi connectivity index (χ4v) is 1.58. The van der Waals surface area contributed by atoms with Gasteiger partial charge < -0.3 is 10.2 Å². The lowest BCUT2D eigenvalue weighted by molar-refractivity contribution is -0.133. The first-order valence-electron chi connectivity index (χ1n) is 5.88. The Morgan fingerprint density at radius 3 is 2.61 bits per heavy atom. The van der Waals surface area contributed by atoms with Crippen molar-refractivity contribution in [2.45, 2.75) is 20.4 Å². The van der Waals surface area contributed by atoms with E-state index < -0.39 is 0 Å². The van der Waals surface area contributed by atoms with Gasteiger partial charge in [-0.15, -0.1) is 0 Å². The van der Waals surface area contributed by atoms with E-state index in [-0.39, 0.29) is 17.7 Å². The van der Waals surface area contributed by atoms with Crippen LogP contribution in [0, 0.1) is 5.92 Å². The Kier molecular flexibility index (Phi) is 4.83. The average Bonchev–Trinajstić information content (AvgIpc) is 2.36. The molecule has 1 aromatic heterocycles. The maximum absolute atomic E-state index is 11.7. The highest BCUT2D eigenvalue weighted by atomic mass is 16.2. The number of carbonyl (C=O) groups excluding carboxylic acids is 2. The molecule has 0 radical (unpaired) electrons. The zero-order valence-corrected chi connectivity index (χ0v) is 11.2. The lowest BCUT2D eigenvalue weighted by atomic mass is 10.2. The summed E-state index contributed by atoms with van der Waals surface area (Å²) in [6, 6.07) is 5.21. The van der Waals surface area contributed by atoms with Gasteiger partial charge in [-0.25, -0.2) is 4.98 Å². The number of amides is 2. The van der Waals surface area contributed by atoms with Crippen molar-refractivity contribution >= 4 is 11.8 Å². The van der Waals surface area contributed by atoms with E-state index in [0.717, 1.165) is 0 Å². The van der Waals surface area contributed by atoms with Crippen molar-refractivity contribution in [3.8, 4) is 0 Å². The molecule has 0 aliphatic heterocycles. The number of rotatable bonds is 4. The summed E-state index contributed by atoms with van der Waals surface area (Å²) in [4.78, 5) is 29.0. The van der Waals surface area contributed by atoms with Crippen LogP contribution in [0.15, 0.2) is 18.2 Å². The molecule has 1 rings (SSSR count). The largest absolute Gasteiger partial charge is 0.354 e. The number of pyridine rings is 1. The number of hydrogen-bond donors (Lipinski definition) is 1. The van der Waals surface area contributed by atoms with Crippen LogP contribution in [0.1, 0.15) is 30.0 Å². The minimum Gasteiger partial charge on any atom is -0.354 e. The Morgan fingerprint density at radius 2 is 2.06 bits per heavy atom. The van der Waals surface area contributed by atoms with Gasteiger partial charge in [-0.05, 0) is 12.1 Å². The first-order chi connectivity index (χ1) is 8.45. The Hall–Kier alpha value is -1.91. The van der Waals surface area contributed by atoms with E-state index in [1.165, 1.54) is 0 Å². The highest BCUT2D eigenvalue weighted by molar-refractivity contribution is 5.92. The third kappa shape index (κ3) is 3.55. The standard InChI is InChI=1S/C13H19N3O2/c1-9(2)13(18)16(4)8-10-6-5-7-11(15-10)12(17)14-3/h5-7,9H,8H2,1-4H3,(H,14,17). The molecule has 2 amide bonds. The Morgan fingerprint density at radius 1 is 1.39 bits per heavy atom. The van der Waals surface area contributed by atoms with Gasteiger partial charge in [0.2, 0.25) is 5.91 Å². The van der Waals surface area contributed by atoms with E-state index in [0.29, 0.717) is 17.9 Å². The molecule has 0 saturated heterocycles. The zero-order chi connectivity index (χ0) is 13.7. The maximum atomic E-state index is 11.7. The topological polar surface area (TPSA) is 62.3 Å². The fourth-order valence-electron chi connectivity index (χ4n) is 1.58. The molecule has 0 bridgehead atoms. The molecule has 5 nitrogen and oxygen atoms in total. The molecule has 0 saturated carbocycles. The van der Waals surface area contributed by atoms with Crippen molar-refractivity contribution in [2.75, 3.05) is 14.1 Å². The van der Waals surface area contributed by atoms with Crippen LogP contribution >= 0.6 is 0 Å². The summed E-state index contributed by atoms with van der Waals surface area (Å²) in [5.41, 5.74) is 1.06. The highest BCUT2D eigenvalue weighted by Gasteiger charge is 2.14. The predicted molar refractivity (Wildman–Crippen MR) is 68.9 cm³/mol. The predicted octanol–water partition coefficient (Wildman–Crippen LogP) is 1.06. The molecule has 1 aromatic rings. The van der Waals surface area contributed by atoms with E-state index in [4.69, 9.17) is 0 Å². The molecule has 0 aliphatic rings. The van der Waals surface area contributed by atoms with Crippen molar-refractivity contribution in [2.24, 2.45) is 5.92 Å². The van der Waals surface area contributed by atoms with E-state index in [2.05, 4.69) is 10.3 Å². The summed E-state index contributed by atoms with van der Waals surface area (Å²) in [5, 5.41) is 2.52. The molecular weight excluding hydrogens is 230 g/mol. The first kappa shape index (κ1) is 14.2. The minimum atomic E-state index is -0.227. The summed E-state index contributed by atoms with van der Waals surface area (Å²) in [6.07, 6.45) is 0. The smallest absolute Gasteiger partial charge is 0.269 e. The van der Waals surface area contributed by atoms with Gasteiger partial charge >= 0.3 is 0 Å². The third-order valence-corrected chi connectivity index (χ3v) is 2.54. The monoisotopic (exact) mass is 249 g/mol. The Bertz CT molecular complexity index is 444. The van der Waals surface area contributed by atoms with Crippen LogP contribution in [-0.4, -0.2) is 35.8 Å². The van der Waals surface area contributed by atoms with Crippen LogP contribution in [0.2, 0.25) is 0 Å². The third-order valence-electron chi connectivity index (χ3n) is 2.54. The van der Waals surface area contributed by atoms with E-state index in [1.54, 1.807) is 37.2 Å². The van der Waals surface area contributed by atoms with Gasteiger partial charge in [-0.2, -0.15) is 0 Å². The molecule has 18 heavy (non-hydrogen) atoms. The van der Waals surface area contributed by atoms with Gasteiger partial charge in [0.25, 0.3) is 5.91 Å². The normalized spacial score (nSPS) is 10.3. The Labute approximate surface area is 107 Å². The van der Waals surface area contributed by atoms with E-state index in [1.807, 2.05) is 13.8 Å². The van der Waals surface area contributed by atoms with E-state index in [9.17, 15) is 9.59 Å². The van der Waals surface area contributed by atoms with Gasteiger partial charge in [0, 0.05) is 20.0 Å². The van der Waals surface area contributed by atoms with Crippen LogP contribution < -0.4 is 5.32 Å². The first-order valence-corrected chi connectivity index (χ1v) is 5.88. The summed E-state index contributed by atoms with van der Waals surface area (Å²) in [6.45, 7) is 4.11. The van der Waals surface area contributed by atoms with Crippen LogP contribution in [0.5, 0.6) is 0 Å². The number of carbonyl (C=O) groups is 2. The molecule has 0 aliphatic carbocycles. The van der Waals surface area contributed by atoms with Crippen molar-refractivity contribution < 1.29 is 9.59 Å². The lowest BCUT2D eigenvalue weighted by Crippen LogP contribution is -2.30. The van der Waals surface area contributed by atoms with Gasteiger partial charge in [-0.3, -0.25) is 9.59 Å². The van der Waals surface area contributed by atoms with Crippen LogP contribution in [0.25, 0.3) is 0 Å². The molecule has 0 spiro atoms. The average molecular weight is 249 g/mol. The molecular formula is C13H19N3O2. The van der Waals surface area contributed by atoms with Gasteiger partial charge in [0.1, 0.15) is 5.69 Å². The maximum Gasteiger partial charge on any atom is 0.269 e. The van der Waals surface area contributed by atoms with Crippen molar-refractivity contribution in [1.29, 1.82) is 0 Å². The second kappa shape index (κ2) is 6.14. The molecule has 0 aromatic carbocycles. The second-order valence-electron chi connectivity index (χ2n) is 4.44. The zero-order valence-electron chi connectivity index (χ0n) is 11.2. The summed E-state index contributed by atoms with van der Waals surface area (Å²) in [5.74, 6) is -0.214. The van der Waals surface area contributed by atoms with Crippen molar-refractivity contribution in [3.05, 3.63) is 29.6 Å². The molecule has 1 N–H and O–H groups in total. The van der Waals surface area contributed by atoms with Gasteiger partial charge in [0.15, 0.2) is 0 Å². The van der Waals surface area contributed by atoms with Crippen LogP contribution in [0.4, 0.5) is 0 Å². The second-order valence-corrected chi connectivity index (χ2v) is 4.44. The molecule has 0 fully saturated rings. The quantitative estimate of drug-likeness (QED) is 0.867. The fraction of sp³-hybridized carbons (Fsp3) is 0.462. The minimum absolute atomic E-state index is 0.0443. The SMILES string of the molecule is CNC(=O)c1cccc(CN(C)C(=O)C(C)C)n1. The molecule has 5 heteroatoms. The Balaban J connectivity index is 2.79. The number of nitrogens with one attached hydrogen (secondary N) is 1. The van der Waals surface area contributed by atoms with Crippen molar-refractivity contribution in [1.82, 2.24) is 15.2 Å². The van der Waals surface area contributed by atoms with Crippen LogP contribution in [0.3, 0.4) is 0 Å². The van der Waals surface area contributed by atoms with Gasteiger partial charge in [-0.1, -0.05) is 19.9 Å². The van der Waals surface area contributed by atoms with E-state index >= 15 is 0 Å².